The van der Waals surface area contributed by atoms with Crippen molar-refractivity contribution in [2.45, 2.75) is 38.7 Å². The average Bonchev–Trinajstić information content (AvgIpc) is 2.46. The molecule has 1 aliphatic carbocycles. The fraction of sp³-hybridized carbons (Fsp3) is 1.00. The Labute approximate surface area is 150 Å². The SMILES string of the molecule is ClC1C(Cl)C(Cl)C(Cl)C(Cl)C1Cl.NCCCNCCN. The van der Waals surface area contributed by atoms with E-state index in [-0.39, 0.29) is 0 Å². The van der Waals surface area contributed by atoms with Crippen LogP contribution in [0.4, 0.5) is 0 Å². The van der Waals surface area contributed by atoms with Crippen LogP contribution in [0.5, 0.6) is 0 Å². The van der Waals surface area contributed by atoms with Crippen molar-refractivity contribution < 1.29 is 0 Å². The van der Waals surface area contributed by atoms with E-state index in [4.69, 9.17) is 81.1 Å². The number of alkyl halides is 6. The maximum absolute atomic E-state index is 5.88. The minimum atomic E-state index is -0.437. The fourth-order valence-corrected chi connectivity index (χ4v) is 3.84. The first-order chi connectivity index (χ1) is 9.38. The minimum absolute atomic E-state index is 0.437. The Morgan fingerprint density at radius 1 is 0.600 bits per heavy atom. The van der Waals surface area contributed by atoms with E-state index in [0.717, 1.165) is 26.1 Å². The van der Waals surface area contributed by atoms with Crippen LogP contribution in [0.3, 0.4) is 0 Å². The third kappa shape index (κ3) is 7.26. The molecule has 0 aliphatic heterocycles. The number of nitrogens with one attached hydrogen (secondary N) is 1. The molecule has 0 bridgehead atoms. The summed E-state index contributed by atoms with van der Waals surface area (Å²) in [7, 11) is 0. The molecule has 1 saturated carbocycles. The first-order valence-electron chi connectivity index (χ1n) is 6.33. The van der Waals surface area contributed by atoms with Crippen molar-refractivity contribution in [3.8, 4) is 0 Å². The van der Waals surface area contributed by atoms with Crippen molar-refractivity contribution >= 4 is 69.6 Å². The summed E-state index contributed by atoms with van der Waals surface area (Å²) in [5.74, 6) is 0. The molecule has 0 aromatic rings. The van der Waals surface area contributed by atoms with Crippen molar-refractivity contribution in [3.63, 3.8) is 0 Å². The van der Waals surface area contributed by atoms with Crippen LogP contribution in [0.2, 0.25) is 0 Å². The van der Waals surface area contributed by atoms with Gasteiger partial charge in [0.15, 0.2) is 0 Å². The van der Waals surface area contributed by atoms with Crippen LogP contribution >= 0.6 is 69.6 Å². The summed E-state index contributed by atoms with van der Waals surface area (Å²) in [6.45, 7) is 3.37. The summed E-state index contributed by atoms with van der Waals surface area (Å²) >= 11 is 35.3. The van der Waals surface area contributed by atoms with Crippen LogP contribution in [-0.2, 0) is 0 Å². The molecule has 1 aliphatic rings. The predicted molar refractivity (Wildman–Crippen MR) is 93.4 cm³/mol. The number of nitrogens with two attached hydrogens (primary N) is 2. The standard InChI is InChI=1S/C6H6Cl6.C5H15N3/c7-1-2(8)4(10)6(12)5(11)3(1)9;6-2-1-4-8-5-3-7/h1-6H;8H,1-7H2. The number of halogens is 6. The second kappa shape index (κ2) is 12.1. The third-order valence-corrected chi connectivity index (χ3v) is 6.74. The predicted octanol–water partition coefficient (Wildman–Crippen LogP) is 2.53. The molecule has 9 heteroatoms. The summed E-state index contributed by atoms with van der Waals surface area (Å²) in [5.41, 5.74) is 10.5. The number of hydrogen-bond donors (Lipinski definition) is 3. The summed E-state index contributed by atoms with van der Waals surface area (Å²) in [5, 5.41) is 0.511. The van der Waals surface area contributed by atoms with Crippen LogP contribution in [0.1, 0.15) is 6.42 Å². The zero-order chi connectivity index (χ0) is 15.7. The highest BCUT2D eigenvalue weighted by atomic mass is 35.5. The molecule has 1 rings (SSSR count). The van der Waals surface area contributed by atoms with E-state index < -0.39 is 32.3 Å². The molecule has 3 nitrogen and oxygen atoms in total. The van der Waals surface area contributed by atoms with Gasteiger partial charge in [0.05, 0.1) is 32.3 Å². The highest BCUT2D eigenvalue weighted by Gasteiger charge is 2.46. The monoisotopic (exact) mass is 405 g/mol. The highest BCUT2D eigenvalue weighted by molar-refractivity contribution is 6.45. The lowest BCUT2D eigenvalue weighted by atomic mass is 9.97. The van der Waals surface area contributed by atoms with Crippen molar-refractivity contribution in [2.75, 3.05) is 26.2 Å². The van der Waals surface area contributed by atoms with Gasteiger partial charge in [-0.3, -0.25) is 0 Å². The molecule has 1 fully saturated rings. The van der Waals surface area contributed by atoms with Gasteiger partial charge in [-0.25, -0.2) is 0 Å². The summed E-state index contributed by atoms with van der Waals surface area (Å²) in [4.78, 5) is 0. The Morgan fingerprint density at radius 2 is 0.950 bits per heavy atom. The first-order valence-corrected chi connectivity index (χ1v) is 8.95. The van der Waals surface area contributed by atoms with E-state index in [1.54, 1.807) is 0 Å². The van der Waals surface area contributed by atoms with Gasteiger partial charge in [0.25, 0.3) is 0 Å². The maximum atomic E-state index is 5.88. The third-order valence-electron chi connectivity index (χ3n) is 2.70. The zero-order valence-electron chi connectivity index (χ0n) is 10.9. The van der Waals surface area contributed by atoms with E-state index in [9.17, 15) is 0 Å². The largest absolute Gasteiger partial charge is 0.330 e. The number of hydrogen-bond acceptors (Lipinski definition) is 3. The highest BCUT2D eigenvalue weighted by Crippen LogP contribution is 2.39. The van der Waals surface area contributed by atoms with E-state index in [2.05, 4.69) is 5.32 Å². The lowest BCUT2D eigenvalue weighted by molar-refractivity contribution is 0.544. The van der Waals surface area contributed by atoms with Crippen molar-refractivity contribution in [1.29, 1.82) is 0 Å². The Hall–Kier alpha value is 1.62. The van der Waals surface area contributed by atoms with Gasteiger partial charge < -0.3 is 16.8 Å². The second-order valence-electron chi connectivity index (χ2n) is 4.35. The summed E-state index contributed by atoms with van der Waals surface area (Å²) in [6.07, 6.45) is 1.04. The molecular weight excluding hydrogens is 387 g/mol. The van der Waals surface area contributed by atoms with Gasteiger partial charge in [-0.15, -0.1) is 69.6 Å². The molecule has 0 amide bonds. The van der Waals surface area contributed by atoms with E-state index in [1.165, 1.54) is 0 Å². The smallest absolute Gasteiger partial charge is 0.0693 e. The molecule has 0 unspecified atom stereocenters. The Bertz CT molecular complexity index is 184. The lowest BCUT2D eigenvalue weighted by Gasteiger charge is -2.37. The number of rotatable bonds is 5. The van der Waals surface area contributed by atoms with Crippen molar-refractivity contribution in [2.24, 2.45) is 11.5 Å². The van der Waals surface area contributed by atoms with Crippen LogP contribution < -0.4 is 16.8 Å². The van der Waals surface area contributed by atoms with Crippen molar-refractivity contribution in [1.82, 2.24) is 5.32 Å². The average molecular weight is 408 g/mol. The van der Waals surface area contributed by atoms with E-state index in [1.807, 2.05) is 0 Å². The molecule has 0 aromatic carbocycles. The zero-order valence-corrected chi connectivity index (χ0v) is 15.5. The Morgan fingerprint density at radius 3 is 1.20 bits per heavy atom. The van der Waals surface area contributed by atoms with E-state index in [0.29, 0.717) is 6.54 Å². The van der Waals surface area contributed by atoms with Crippen molar-refractivity contribution in [3.05, 3.63) is 0 Å². The quantitative estimate of drug-likeness (QED) is 0.484. The molecule has 0 radical (unpaired) electrons. The van der Waals surface area contributed by atoms with Crippen LogP contribution in [0.25, 0.3) is 0 Å². The second-order valence-corrected chi connectivity index (χ2v) is 7.37. The summed E-state index contributed by atoms with van der Waals surface area (Å²) in [6, 6.07) is 0. The fourth-order valence-electron chi connectivity index (χ4n) is 1.51. The lowest BCUT2D eigenvalue weighted by Crippen LogP contribution is -2.52. The van der Waals surface area contributed by atoms with Gasteiger partial charge >= 0.3 is 0 Å². The summed E-state index contributed by atoms with van der Waals surface area (Å²) < 4.78 is 0. The van der Waals surface area contributed by atoms with Gasteiger partial charge in [-0.2, -0.15) is 0 Å². The van der Waals surface area contributed by atoms with Crippen LogP contribution in [-0.4, -0.2) is 58.4 Å². The van der Waals surface area contributed by atoms with Gasteiger partial charge in [0.1, 0.15) is 0 Å². The maximum Gasteiger partial charge on any atom is 0.0693 e. The molecular formula is C11H21Cl6N3. The van der Waals surface area contributed by atoms with Gasteiger partial charge in [0.2, 0.25) is 0 Å². The molecule has 0 atom stereocenters. The molecule has 0 saturated heterocycles. The van der Waals surface area contributed by atoms with Gasteiger partial charge in [-0.1, -0.05) is 0 Å². The van der Waals surface area contributed by atoms with Gasteiger partial charge in [-0.05, 0) is 19.5 Å². The molecule has 122 valence electrons. The minimum Gasteiger partial charge on any atom is -0.330 e. The molecule has 0 spiro atoms. The first kappa shape index (κ1) is 21.6. The van der Waals surface area contributed by atoms with E-state index >= 15 is 0 Å². The Kier molecular flexibility index (Phi) is 13.1. The van der Waals surface area contributed by atoms with Crippen LogP contribution in [0, 0.1) is 0 Å². The van der Waals surface area contributed by atoms with Gasteiger partial charge in [0, 0.05) is 13.1 Å². The molecule has 5 N–H and O–H groups in total. The normalized spacial score (nSPS) is 37.2. The molecule has 0 heterocycles. The molecule has 0 aromatic heterocycles. The molecule has 20 heavy (non-hydrogen) atoms. The van der Waals surface area contributed by atoms with Crippen LogP contribution in [0.15, 0.2) is 0 Å². The Balaban J connectivity index is 0.000000396. The topological polar surface area (TPSA) is 64.1 Å².